The van der Waals surface area contributed by atoms with Crippen molar-refractivity contribution in [2.45, 2.75) is 65.5 Å². The minimum absolute atomic E-state index is 0.704. The number of nitrogens with one attached hydrogen (secondary N) is 1. The fourth-order valence-corrected chi connectivity index (χ4v) is 3.16. The maximum absolute atomic E-state index is 3.54. The second kappa shape index (κ2) is 9.75. The van der Waals surface area contributed by atoms with Crippen LogP contribution in [-0.2, 0) is 0 Å². The second-order valence-corrected chi connectivity index (χ2v) is 6.95. The lowest BCUT2D eigenvalue weighted by Crippen LogP contribution is -2.42. The van der Waals surface area contributed by atoms with E-state index in [-0.39, 0.29) is 0 Å². The van der Waals surface area contributed by atoms with E-state index in [0.717, 1.165) is 18.5 Å². The van der Waals surface area contributed by atoms with Crippen molar-refractivity contribution in [2.75, 3.05) is 39.8 Å². The van der Waals surface area contributed by atoms with Gasteiger partial charge in [-0.3, -0.25) is 4.90 Å². The molecule has 3 heteroatoms. The topological polar surface area (TPSA) is 18.5 Å². The SMILES string of the molecule is CCN1CCCC1CN(C)C(C)CCCNCC(C)C. The maximum atomic E-state index is 3.54. The van der Waals surface area contributed by atoms with Gasteiger partial charge in [-0.05, 0) is 71.8 Å². The predicted octanol–water partition coefficient (Wildman–Crippen LogP) is 2.82. The van der Waals surface area contributed by atoms with Crippen molar-refractivity contribution in [3.8, 4) is 0 Å². The van der Waals surface area contributed by atoms with Crippen molar-refractivity contribution < 1.29 is 0 Å². The van der Waals surface area contributed by atoms with Crippen LogP contribution in [0.25, 0.3) is 0 Å². The zero-order valence-corrected chi connectivity index (χ0v) is 14.5. The van der Waals surface area contributed by atoms with Crippen molar-refractivity contribution in [1.29, 1.82) is 0 Å². The zero-order chi connectivity index (χ0) is 15.0. The van der Waals surface area contributed by atoms with Crippen LogP contribution in [0.2, 0.25) is 0 Å². The first-order chi connectivity index (χ1) is 9.54. The Morgan fingerprint density at radius 1 is 1.30 bits per heavy atom. The highest BCUT2D eigenvalue weighted by molar-refractivity contribution is 4.81. The third kappa shape index (κ3) is 6.55. The molecule has 3 nitrogen and oxygen atoms in total. The van der Waals surface area contributed by atoms with Gasteiger partial charge in [0.2, 0.25) is 0 Å². The monoisotopic (exact) mass is 283 g/mol. The first kappa shape index (κ1) is 17.9. The van der Waals surface area contributed by atoms with Gasteiger partial charge in [-0.2, -0.15) is 0 Å². The van der Waals surface area contributed by atoms with Gasteiger partial charge in [0, 0.05) is 18.6 Å². The molecule has 120 valence electrons. The summed E-state index contributed by atoms with van der Waals surface area (Å²) in [5.74, 6) is 0.762. The summed E-state index contributed by atoms with van der Waals surface area (Å²) in [4.78, 5) is 5.22. The number of likely N-dealkylation sites (tertiary alicyclic amines) is 1. The summed E-state index contributed by atoms with van der Waals surface area (Å²) in [5.41, 5.74) is 0. The van der Waals surface area contributed by atoms with Crippen molar-refractivity contribution in [3.05, 3.63) is 0 Å². The van der Waals surface area contributed by atoms with E-state index >= 15 is 0 Å². The lowest BCUT2D eigenvalue weighted by molar-refractivity contribution is 0.164. The minimum atomic E-state index is 0.704. The summed E-state index contributed by atoms with van der Waals surface area (Å²) >= 11 is 0. The van der Waals surface area contributed by atoms with Gasteiger partial charge in [0.1, 0.15) is 0 Å². The molecule has 0 radical (unpaired) electrons. The molecule has 1 aliphatic heterocycles. The fraction of sp³-hybridized carbons (Fsp3) is 1.00. The van der Waals surface area contributed by atoms with Gasteiger partial charge in [0.15, 0.2) is 0 Å². The van der Waals surface area contributed by atoms with E-state index in [4.69, 9.17) is 0 Å². The van der Waals surface area contributed by atoms with Gasteiger partial charge in [-0.25, -0.2) is 0 Å². The summed E-state index contributed by atoms with van der Waals surface area (Å²) in [5, 5.41) is 3.54. The van der Waals surface area contributed by atoms with E-state index in [1.54, 1.807) is 0 Å². The van der Waals surface area contributed by atoms with E-state index in [1.807, 2.05) is 0 Å². The largest absolute Gasteiger partial charge is 0.316 e. The molecule has 1 aliphatic rings. The van der Waals surface area contributed by atoms with Crippen LogP contribution in [0.4, 0.5) is 0 Å². The molecule has 1 fully saturated rings. The van der Waals surface area contributed by atoms with Gasteiger partial charge >= 0.3 is 0 Å². The normalized spacial score (nSPS) is 22.1. The van der Waals surface area contributed by atoms with Crippen LogP contribution in [0.1, 0.15) is 53.4 Å². The Bertz CT molecular complexity index is 242. The smallest absolute Gasteiger partial charge is 0.0223 e. The van der Waals surface area contributed by atoms with Gasteiger partial charge in [0.25, 0.3) is 0 Å². The Labute approximate surface area is 127 Å². The number of hydrogen-bond donors (Lipinski definition) is 1. The van der Waals surface area contributed by atoms with Gasteiger partial charge < -0.3 is 10.2 Å². The summed E-state index contributed by atoms with van der Waals surface area (Å²) in [6, 6.07) is 1.50. The van der Waals surface area contributed by atoms with Crippen LogP contribution in [0.15, 0.2) is 0 Å². The molecule has 2 atom stereocenters. The highest BCUT2D eigenvalue weighted by Gasteiger charge is 2.25. The standard InChI is InChI=1S/C17H37N3/c1-6-20-12-8-10-17(20)14-19(5)16(4)9-7-11-18-13-15(2)3/h15-18H,6-14H2,1-5H3. The van der Waals surface area contributed by atoms with Crippen molar-refractivity contribution in [1.82, 2.24) is 15.1 Å². The Balaban J connectivity index is 2.14. The number of hydrogen-bond acceptors (Lipinski definition) is 3. The minimum Gasteiger partial charge on any atom is -0.316 e. The van der Waals surface area contributed by atoms with Crippen LogP contribution >= 0.6 is 0 Å². The molecule has 0 aliphatic carbocycles. The molecule has 0 saturated carbocycles. The Kier molecular flexibility index (Phi) is 8.74. The quantitative estimate of drug-likeness (QED) is 0.622. The molecule has 2 unspecified atom stereocenters. The van der Waals surface area contributed by atoms with Crippen molar-refractivity contribution in [2.24, 2.45) is 5.92 Å². The van der Waals surface area contributed by atoms with E-state index in [1.165, 1.54) is 51.9 Å². The molecule has 1 N–H and O–H groups in total. The van der Waals surface area contributed by atoms with E-state index in [9.17, 15) is 0 Å². The van der Waals surface area contributed by atoms with E-state index < -0.39 is 0 Å². The fourth-order valence-electron chi connectivity index (χ4n) is 3.16. The third-order valence-corrected chi connectivity index (χ3v) is 4.68. The van der Waals surface area contributed by atoms with Crippen LogP contribution in [0, 0.1) is 5.92 Å². The molecular weight excluding hydrogens is 246 g/mol. The molecule has 0 aromatic carbocycles. The average Bonchev–Trinajstić information content (AvgIpc) is 2.84. The van der Waals surface area contributed by atoms with Crippen LogP contribution in [0.3, 0.4) is 0 Å². The maximum Gasteiger partial charge on any atom is 0.0223 e. The van der Waals surface area contributed by atoms with Crippen LogP contribution in [0.5, 0.6) is 0 Å². The van der Waals surface area contributed by atoms with Crippen molar-refractivity contribution >= 4 is 0 Å². The summed E-state index contributed by atoms with van der Waals surface area (Å²) in [7, 11) is 2.30. The zero-order valence-electron chi connectivity index (χ0n) is 14.5. The molecule has 0 amide bonds. The number of nitrogens with zero attached hydrogens (tertiary/aromatic N) is 2. The van der Waals surface area contributed by atoms with Crippen molar-refractivity contribution in [3.63, 3.8) is 0 Å². The predicted molar refractivity (Wildman–Crippen MR) is 89.3 cm³/mol. The molecular formula is C17H37N3. The summed E-state index contributed by atoms with van der Waals surface area (Å²) in [6.07, 6.45) is 5.38. The molecule has 0 spiro atoms. The average molecular weight is 284 g/mol. The molecule has 1 rings (SSSR count). The lowest BCUT2D eigenvalue weighted by Gasteiger charge is -2.31. The lowest BCUT2D eigenvalue weighted by atomic mass is 10.1. The van der Waals surface area contributed by atoms with Gasteiger partial charge in [-0.1, -0.05) is 20.8 Å². The summed E-state index contributed by atoms with van der Waals surface area (Å²) < 4.78 is 0. The molecule has 0 aromatic heterocycles. The highest BCUT2D eigenvalue weighted by Crippen LogP contribution is 2.18. The highest BCUT2D eigenvalue weighted by atomic mass is 15.2. The van der Waals surface area contributed by atoms with E-state index in [0.29, 0.717) is 6.04 Å². The first-order valence-corrected chi connectivity index (χ1v) is 8.69. The Morgan fingerprint density at radius 2 is 2.05 bits per heavy atom. The second-order valence-electron chi connectivity index (χ2n) is 6.95. The number of likely N-dealkylation sites (N-methyl/N-ethyl adjacent to an activating group) is 2. The van der Waals surface area contributed by atoms with Crippen LogP contribution < -0.4 is 5.32 Å². The number of rotatable bonds is 10. The van der Waals surface area contributed by atoms with Gasteiger partial charge in [0.05, 0.1) is 0 Å². The molecule has 1 saturated heterocycles. The molecule has 1 heterocycles. The van der Waals surface area contributed by atoms with Gasteiger partial charge in [-0.15, -0.1) is 0 Å². The van der Waals surface area contributed by atoms with E-state index in [2.05, 4.69) is 49.9 Å². The summed E-state index contributed by atoms with van der Waals surface area (Å²) in [6.45, 7) is 15.3. The molecule has 20 heavy (non-hydrogen) atoms. The van der Waals surface area contributed by atoms with Crippen LogP contribution in [-0.4, -0.2) is 61.7 Å². The Hall–Kier alpha value is -0.120. The Morgan fingerprint density at radius 3 is 2.70 bits per heavy atom. The third-order valence-electron chi connectivity index (χ3n) is 4.68. The molecule has 0 bridgehead atoms. The first-order valence-electron chi connectivity index (χ1n) is 8.69. The molecule has 0 aromatic rings.